The van der Waals surface area contributed by atoms with Gasteiger partial charge in [-0.2, -0.15) is 4.99 Å². The summed E-state index contributed by atoms with van der Waals surface area (Å²) < 4.78 is 5.14. The Morgan fingerprint density at radius 1 is 1.20 bits per heavy atom. The number of amides is 1. The van der Waals surface area contributed by atoms with Crippen LogP contribution in [0.2, 0.25) is 0 Å². The molecule has 110 valence electrons. The second kappa shape index (κ2) is 7.90. The van der Waals surface area contributed by atoms with E-state index in [4.69, 9.17) is 16.3 Å². The zero-order valence-electron chi connectivity index (χ0n) is 12.3. The Hall–Kier alpha value is -1.55. The molecule has 0 spiro atoms. The van der Waals surface area contributed by atoms with Crippen molar-refractivity contribution >= 4 is 23.5 Å². The van der Waals surface area contributed by atoms with Crippen molar-refractivity contribution in [1.82, 2.24) is 4.90 Å². The summed E-state index contributed by atoms with van der Waals surface area (Å²) in [4.78, 5) is 17.8. The average Bonchev–Trinajstić information content (AvgIpc) is 2.38. The van der Waals surface area contributed by atoms with Crippen molar-refractivity contribution in [3.63, 3.8) is 0 Å². The zero-order valence-corrected chi connectivity index (χ0v) is 13.1. The number of carbonyl (C=O) groups excluding carboxylic acids is 1. The van der Waals surface area contributed by atoms with Crippen LogP contribution in [0.3, 0.4) is 0 Å². The first-order valence-electron chi connectivity index (χ1n) is 6.64. The van der Waals surface area contributed by atoms with Gasteiger partial charge in [0.05, 0.1) is 5.88 Å². The second-order valence-corrected chi connectivity index (χ2v) is 5.20. The molecule has 1 rings (SSSR count). The van der Waals surface area contributed by atoms with Crippen molar-refractivity contribution < 1.29 is 9.53 Å². The number of hydrogen-bond acceptors (Lipinski definition) is 2. The summed E-state index contributed by atoms with van der Waals surface area (Å²) in [5, 5.41) is 0. The van der Waals surface area contributed by atoms with E-state index in [1.165, 1.54) is 0 Å². The van der Waals surface area contributed by atoms with Crippen LogP contribution < -0.4 is 4.74 Å². The van der Waals surface area contributed by atoms with Crippen LogP contribution in [-0.4, -0.2) is 34.8 Å². The lowest BCUT2D eigenvalue weighted by molar-refractivity contribution is 0.210. The van der Waals surface area contributed by atoms with E-state index < -0.39 is 6.09 Å². The van der Waals surface area contributed by atoms with E-state index >= 15 is 0 Å². The largest absolute Gasteiger partial charge is 0.440 e. The minimum absolute atomic E-state index is 0.167. The molecule has 0 radical (unpaired) electrons. The highest BCUT2D eigenvalue weighted by molar-refractivity contribution is 6.28. The molecule has 20 heavy (non-hydrogen) atoms. The smallest absolute Gasteiger partial charge is 0.409 e. The fourth-order valence-electron chi connectivity index (χ4n) is 2.07. The van der Waals surface area contributed by atoms with Gasteiger partial charge in [0, 0.05) is 12.1 Å². The fraction of sp³-hybridized carbons (Fsp3) is 0.467. The lowest BCUT2D eigenvalue weighted by Crippen LogP contribution is -2.43. The highest BCUT2D eigenvalue weighted by atomic mass is 35.5. The summed E-state index contributed by atoms with van der Waals surface area (Å²) in [6.07, 6.45) is -0.654. The first-order valence-corrected chi connectivity index (χ1v) is 7.18. The van der Waals surface area contributed by atoms with Crippen molar-refractivity contribution in [2.45, 2.75) is 39.8 Å². The number of aliphatic imine (C=N–C) groups is 1. The molecule has 0 fully saturated rings. The molecule has 0 aliphatic carbocycles. The van der Waals surface area contributed by atoms with Crippen LogP contribution in [0.4, 0.5) is 4.79 Å². The molecule has 1 amide bonds. The Labute approximate surface area is 125 Å². The number of benzene rings is 1. The molecule has 4 nitrogen and oxygen atoms in total. The number of halogens is 1. The number of amidine groups is 1. The van der Waals surface area contributed by atoms with E-state index in [-0.39, 0.29) is 18.0 Å². The van der Waals surface area contributed by atoms with Gasteiger partial charge in [-0.25, -0.2) is 4.79 Å². The molecule has 0 aromatic heterocycles. The van der Waals surface area contributed by atoms with Crippen molar-refractivity contribution in [2.75, 3.05) is 5.88 Å². The Morgan fingerprint density at radius 3 is 2.20 bits per heavy atom. The van der Waals surface area contributed by atoms with Gasteiger partial charge in [0.2, 0.25) is 0 Å². The normalized spacial score (nSPS) is 11.8. The predicted octanol–water partition coefficient (Wildman–Crippen LogP) is 3.94. The Kier molecular flexibility index (Phi) is 6.52. The molecule has 0 heterocycles. The number of hydrogen-bond donors (Lipinski definition) is 0. The predicted molar refractivity (Wildman–Crippen MR) is 82.7 cm³/mol. The number of para-hydroxylation sites is 1. The van der Waals surface area contributed by atoms with Gasteiger partial charge < -0.3 is 9.64 Å². The third kappa shape index (κ3) is 4.85. The molecular weight excluding hydrogens is 276 g/mol. The van der Waals surface area contributed by atoms with E-state index in [0.29, 0.717) is 11.6 Å². The Balaban J connectivity index is 2.85. The monoisotopic (exact) mass is 296 g/mol. The standard InChI is InChI=1S/C15H21ClN2O2/c1-11(2)18(12(3)4)14(10-16)17-15(19)20-13-8-6-5-7-9-13/h5-9,11-12H,10H2,1-4H3/b17-14+. The number of carbonyl (C=O) groups is 1. The maximum atomic E-state index is 11.8. The third-order valence-electron chi connectivity index (χ3n) is 2.70. The van der Waals surface area contributed by atoms with E-state index in [2.05, 4.69) is 4.99 Å². The van der Waals surface area contributed by atoms with Crippen LogP contribution in [0.25, 0.3) is 0 Å². The molecule has 0 aliphatic rings. The highest BCUT2D eigenvalue weighted by Crippen LogP contribution is 2.11. The highest BCUT2D eigenvalue weighted by Gasteiger charge is 2.19. The van der Waals surface area contributed by atoms with Gasteiger partial charge in [-0.1, -0.05) is 18.2 Å². The van der Waals surface area contributed by atoms with E-state index in [1.807, 2.05) is 38.7 Å². The van der Waals surface area contributed by atoms with Crippen LogP contribution in [0.5, 0.6) is 5.75 Å². The molecule has 0 bridgehead atoms. The Bertz CT molecular complexity index is 450. The van der Waals surface area contributed by atoms with Crippen molar-refractivity contribution in [3.05, 3.63) is 30.3 Å². The van der Waals surface area contributed by atoms with Gasteiger partial charge in [0.15, 0.2) is 0 Å². The zero-order chi connectivity index (χ0) is 15.1. The van der Waals surface area contributed by atoms with Gasteiger partial charge in [0.1, 0.15) is 11.6 Å². The minimum Gasteiger partial charge on any atom is -0.409 e. The Morgan fingerprint density at radius 2 is 1.75 bits per heavy atom. The summed E-state index contributed by atoms with van der Waals surface area (Å²) in [5.41, 5.74) is 0. The van der Waals surface area contributed by atoms with Crippen LogP contribution in [0.1, 0.15) is 27.7 Å². The molecule has 0 saturated carbocycles. The summed E-state index contributed by atoms with van der Waals surface area (Å²) in [7, 11) is 0. The number of rotatable bonds is 4. The van der Waals surface area contributed by atoms with Crippen LogP contribution in [0.15, 0.2) is 35.3 Å². The van der Waals surface area contributed by atoms with Crippen molar-refractivity contribution in [2.24, 2.45) is 4.99 Å². The molecule has 0 unspecified atom stereocenters. The summed E-state index contributed by atoms with van der Waals surface area (Å²) >= 11 is 5.92. The average molecular weight is 297 g/mol. The molecule has 0 atom stereocenters. The number of alkyl halides is 1. The molecule has 0 saturated heterocycles. The maximum absolute atomic E-state index is 11.8. The lowest BCUT2D eigenvalue weighted by atomic mass is 10.2. The molecule has 1 aromatic carbocycles. The molecule has 0 aliphatic heterocycles. The van der Waals surface area contributed by atoms with Gasteiger partial charge in [-0.15, -0.1) is 11.6 Å². The molecule has 5 heteroatoms. The minimum atomic E-state index is -0.654. The quantitative estimate of drug-likeness (QED) is 0.480. The van der Waals surface area contributed by atoms with Gasteiger partial charge >= 0.3 is 6.09 Å². The topological polar surface area (TPSA) is 41.9 Å². The number of ether oxygens (including phenoxy) is 1. The third-order valence-corrected chi connectivity index (χ3v) is 2.94. The first-order chi connectivity index (χ1) is 9.45. The van der Waals surface area contributed by atoms with Crippen LogP contribution in [-0.2, 0) is 0 Å². The first kappa shape index (κ1) is 16.5. The SMILES string of the molecule is CC(C)N(/C(CCl)=N/C(=O)Oc1ccccc1)C(C)C. The van der Waals surface area contributed by atoms with Crippen LogP contribution >= 0.6 is 11.6 Å². The van der Waals surface area contributed by atoms with E-state index in [0.717, 1.165) is 0 Å². The van der Waals surface area contributed by atoms with E-state index in [9.17, 15) is 4.79 Å². The molecule has 1 aromatic rings. The van der Waals surface area contributed by atoms with Gasteiger partial charge in [-0.05, 0) is 39.8 Å². The molecular formula is C15H21ClN2O2. The lowest BCUT2D eigenvalue weighted by Gasteiger charge is -2.32. The van der Waals surface area contributed by atoms with E-state index in [1.54, 1.807) is 24.3 Å². The maximum Gasteiger partial charge on any atom is 0.440 e. The van der Waals surface area contributed by atoms with Crippen molar-refractivity contribution in [3.8, 4) is 5.75 Å². The summed E-state index contributed by atoms with van der Waals surface area (Å²) in [5.74, 6) is 1.16. The summed E-state index contributed by atoms with van der Waals surface area (Å²) in [6, 6.07) is 9.26. The second-order valence-electron chi connectivity index (χ2n) is 4.94. The summed E-state index contributed by atoms with van der Waals surface area (Å²) in [6.45, 7) is 8.13. The van der Waals surface area contributed by atoms with Crippen molar-refractivity contribution in [1.29, 1.82) is 0 Å². The van der Waals surface area contributed by atoms with Gasteiger partial charge in [0.25, 0.3) is 0 Å². The van der Waals surface area contributed by atoms with Gasteiger partial charge in [-0.3, -0.25) is 0 Å². The fourth-order valence-corrected chi connectivity index (χ4v) is 2.26. The number of nitrogens with zero attached hydrogens (tertiary/aromatic N) is 2. The van der Waals surface area contributed by atoms with Crippen LogP contribution in [0, 0.1) is 0 Å². The molecule has 0 N–H and O–H groups in total.